The lowest BCUT2D eigenvalue weighted by atomic mass is 9.80. The Balaban J connectivity index is 1.72. The molecule has 1 fully saturated rings. The number of phosphoric ester groups is 1. The first-order valence-corrected chi connectivity index (χ1v) is 29.9. The van der Waals surface area contributed by atoms with E-state index < -0.39 is 148 Å². The van der Waals surface area contributed by atoms with Crippen molar-refractivity contribution in [1.29, 1.82) is 0 Å². The van der Waals surface area contributed by atoms with Crippen molar-refractivity contribution in [1.82, 2.24) is 19.5 Å². The molecule has 89 heavy (non-hydrogen) atoms. The lowest BCUT2D eigenvalue weighted by Crippen LogP contribution is -2.49. The number of benzene rings is 3. The van der Waals surface area contributed by atoms with E-state index in [1.807, 2.05) is 0 Å². The number of ether oxygens (including phenoxy) is 11. The van der Waals surface area contributed by atoms with E-state index in [1.54, 1.807) is 106 Å². The molecular formula is C60H76N5O23P. The largest absolute Gasteiger partial charge is 0.497 e. The monoisotopic (exact) mass is 1270 g/mol. The van der Waals surface area contributed by atoms with Gasteiger partial charge < -0.3 is 62.9 Å². The molecule has 5 atom stereocenters. The summed E-state index contributed by atoms with van der Waals surface area (Å²) in [6.45, 7) is 6.27. The molecule has 0 amide bonds. The predicted molar refractivity (Wildman–Crippen MR) is 310 cm³/mol. The first-order chi connectivity index (χ1) is 42.4. The fourth-order valence-corrected chi connectivity index (χ4v) is 10.7. The number of aliphatic hydroxyl groups is 1. The molecule has 1 aliphatic heterocycles. The number of imidazole rings is 1. The summed E-state index contributed by atoms with van der Waals surface area (Å²) in [4.78, 5) is 108. The number of aromatic nitrogens is 4. The van der Waals surface area contributed by atoms with E-state index in [0.717, 1.165) is 20.2 Å². The molecule has 29 heteroatoms. The van der Waals surface area contributed by atoms with E-state index in [4.69, 9.17) is 71.4 Å². The van der Waals surface area contributed by atoms with Gasteiger partial charge in [0.1, 0.15) is 41.5 Å². The average molecular weight is 1270 g/mol. The molecule has 0 bridgehead atoms. The number of fused-ring (bicyclic) bond motifs is 1. The van der Waals surface area contributed by atoms with Crippen LogP contribution in [0.3, 0.4) is 0 Å². The molecule has 1 saturated heterocycles. The second-order valence-electron chi connectivity index (χ2n) is 20.9. The zero-order valence-electron chi connectivity index (χ0n) is 51.1. The van der Waals surface area contributed by atoms with Gasteiger partial charge in [-0.3, -0.25) is 51.7 Å². The molecular weight excluding hydrogens is 1190 g/mol. The smallest absolute Gasteiger partial charge is 0.477 e. The highest BCUT2D eigenvalue weighted by Gasteiger charge is 2.59. The summed E-state index contributed by atoms with van der Waals surface area (Å²) in [7, 11) is -4.56. The van der Waals surface area contributed by atoms with Gasteiger partial charge in [-0.05, 0) is 77.3 Å². The lowest BCUT2D eigenvalue weighted by molar-refractivity contribution is -0.235. The fourth-order valence-electron chi connectivity index (χ4n) is 9.33. The van der Waals surface area contributed by atoms with Crippen LogP contribution in [0.5, 0.6) is 5.75 Å². The van der Waals surface area contributed by atoms with Crippen LogP contribution in [0.15, 0.2) is 97.6 Å². The molecule has 2 aromatic heterocycles. The number of nitrogen functional groups attached to an aromatic ring is 1. The number of nitrogens with two attached hydrogens (primary N) is 1. The Kier molecular flexibility index (Phi) is 24.8. The predicted octanol–water partition coefficient (Wildman–Crippen LogP) is 6.23. The van der Waals surface area contributed by atoms with Crippen molar-refractivity contribution in [2.24, 2.45) is 16.2 Å². The maximum absolute atomic E-state index is 16.8. The molecule has 1 aliphatic rings. The zero-order chi connectivity index (χ0) is 65.2. The molecule has 6 rings (SSSR count). The van der Waals surface area contributed by atoms with Crippen molar-refractivity contribution in [3.05, 3.63) is 114 Å². The van der Waals surface area contributed by atoms with Gasteiger partial charge in [-0.25, -0.2) is 19.5 Å². The van der Waals surface area contributed by atoms with Crippen LogP contribution in [-0.4, -0.2) is 158 Å². The van der Waals surface area contributed by atoms with Crippen LogP contribution in [0.4, 0.5) is 5.82 Å². The normalized spacial score (nSPS) is 16.6. The van der Waals surface area contributed by atoms with E-state index in [1.165, 1.54) is 45.7 Å². The minimum atomic E-state index is -6.02. The molecule has 5 aromatic rings. The van der Waals surface area contributed by atoms with Gasteiger partial charge >= 0.3 is 49.6 Å². The number of nitrogens with zero attached hydrogens (tertiary/aromatic N) is 4. The summed E-state index contributed by atoms with van der Waals surface area (Å²) in [5, 5.41) is 12.8. The molecule has 0 saturated carbocycles. The van der Waals surface area contributed by atoms with Crippen molar-refractivity contribution >= 4 is 66.6 Å². The second kappa shape index (κ2) is 31.5. The van der Waals surface area contributed by atoms with Crippen LogP contribution in [-0.2, 0) is 105 Å². The third kappa shape index (κ3) is 16.7. The zero-order valence-corrected chi connectivity index (χ0v) is 52.0. The SMILES string of the molecule is CCOC(=O)C(CCOC(C)=O)(COP(=O)(OCC(CCOC(C)=O)(C(=O)OCC)C(=O)OCC)OC(OC(c1ccccc1)(c1ccccc1)c1ccc(OC)cc1)[C@H]1O[C@@H](n2cnc3c(N)ncnc32)[C@H](O)[C@@H]1OCOC(=O)C(C)(C)C)C(=O)OCC. The van der Waals surface area contributed by atoms with Crippen molar-refractivity contribution in [2.75, 3.05) is 72.5 Å². The highest BCUT2D eigenvalue weighted by atomic mass is 31.2. The Morgan fingerprint density at radius 1 is 0.652 bits per heavy atom. The number of phosphoric acid groups is 1. The Bertz CT molecular complexity index is 3100. The molecule has 3 heterocycles. The fraction of sp³-hybridized carbons (Fsp3) is 0.500. The van der Waals surface area contributed by atoms with E-state index in [0.29, 0.717) is 22.4 Å². The third-order valence-corrected chi connectivity index (χ3v) is 15.3. The van der Waals surface area contributed by atoms with Gasteiger partial charge in [0.25, 0.3) is 0 Å². The van der Waals surface area contributed by atoms with Gasteiger partial charge in [-0.15, -0.1) is 0 Å². The van der Waals surface area contributed by atoms with Gasteiger partial charge in [0.15, 0.2) is 41.6 Å². The van der Waals surface area contributed by atoms with E-state index >= 15 is 4.57 Å². The Morgan fingerprint density at radius 2 is 1.12 bits per heavy atom. The molecule has 0 spiro atoms. The number of rotatable bonds is 33. The van der Waals surface area contributed by atoms with Gasteiger partial charge in [0, 0.05) is 26.7 Å². The molecule has 1 unspecified atom stereocenters. The minimum Gasteiger partial charge on any atom is -0.497 e. The van der Waals surface area contributed by atoms with Gasteiger partial charge in [-0.2, -0.15) is 0 Å². The van der Waals surface area contributed by atoms with Crippen LogP contribution >= 0.6 is 7.82 Å². The number of methoxy groups -OCH3 is 1. The molecule has 0 aliphatic carbocycles. The number of esters is 7. The Labute approximate surface area is 513 Å². The average Bonchev–Trinajstić information content (AvgIpc) is 1.74. The summed E-state index contributed by atoms with van der Waals surface area (Å²) in [5.41, 5.74) is -1.12. The number of carbonyl (C=O) groups excluding carboxylic acids is 7. The van der Waals surface area contributed by atoms with Crippen LogP contribution in [0, 0.1) is 16.2 Å². The number of hydrogen-bond acceptors (Lipinski definition) is 27. The van der Waals surface area contributed by atoms with Crippen molar-refractivity contribution in [3.8, 4) is 5.75 Å². The highest BCUT2D eigenvalue weighted by Crippen LogP contribution is 2.57. The molecule has 484 valence electrons. The van der Waals surface area contributed by atoms with Crippen molar-refractivity contribution in [2.45, 2.75) is 112 Å². The molecule has 3 N–H and O–H groups in total. The van der Waals surface area contributed by atoms with E-state index in [-0.39, 0.29) is 43.4 Å². The van der Waals surface area contributed by atoms with Gasteiger partial charge in [0.2, 0.25) is 0 Å². The van der Waals surface area contributed by atoms with Crippen molar-refractivity contribution < 1.29 is 109 Å². The first-order valence-electron chi connectivity index (χ1n) is 28.4. The number of hydrogen-bond donors (Lipinski definition) is 2. The summed E-state index contributed by atoms with van der Waals surface area (Å²) < 4.78 is 101. The number of aliphatic hydroxyl groups excluding tert-OH is 1. The Morgan fingerprint density at radius 3 is 1.56 bits per heavy atom. The van der Waals surface area contributed by atoms with Crippen LogP contribution in [0.1, 0.15) is 98.1 Å². The van der Waals surface area contributed by atoms with Crippen LogP contribution in [0.25, 0.3) is 11.2 Å². The molecule has 28 nitrogen and oxygen atoms in total. The first kappa shape index (κ1) is 70.1. The quantitative estimate of drug-likeness (QED) is 0.0117. The third-order valence-electron chi connectivity index (χ3n) is 13.9. The van der Waals surface area contributed by atoms with Crippen LogP contribution < -0.4 is 10.5 Å². The highest BCUT2D eigenvalue weighted by molar-refractivity contribution is 7.48. The minimum absolute atomic E-state index is 0.0306. The van der Waals surface area contributed by atoms with E-state index in [9.17, 15) is 38.7 Å². The lowest BCUT2D eigenvalue weighted by Gasteiger charge is -2.41. The second-order valence-corrected chi connectivity index (χ2v) is 22.6. The van der Waals surface area contributed by atoms with Gasteiger partial charge in [-0.1, -0.05) is 72.8 Å². The maximum atomic E-state index is 16.8. The maximum Gasteiger partial charge on any atom is 0.477 e. The topological polar surface area (TPSA) is 356 Å². The molecule has 3 aromatic carbocycles. The summed E-state index contributed by atoms with van der Waals surface area (Å²) >= 11 is 0. The van der Waals surface area contributed by atoms with Crippen LogP contribution in [0.2, 0.25) is 0 Å². The Hall–Kier alpha value is -7.95. The summed E-state index contributed by atoms with van der Waals surface area (Å²) in [5.74, 6) is -7.36. The van der Waals surface area contributed by atoms with E-state index in [2.05, 4.69) is 15.0 Å². The summed E-state index contributed by atoms with van der Waals surface area (Å²) in [6, 6.07) is 23.6. The standard InChI is InChI=1S/C60H76N5O23P/c1-11-76-53(70)58(54(71)77-12-2,29-31-80-38(5)66)33-84-89(74,85-34-59(55(72)78-13-3,56(73)79-14-4)30-32-81-39(6)67)88-51(87-60(40-21-17-15-18-22-40,41-23-19-16-20-24-41)42-25-27-43(75-10)28-26-42)47-46(82-37-83-52(69)57(7,8)9)45(68)50(86-47)65-36-64-44-48(61)62-35-63-49(44)65/h15-28,35-36,45-47,50-51,68H,11-14,29-34,37H2,1-10H3,(H2,61,62,63)/t45-,46+,47+,50-,51?/m1/s1. The summed E-state index contributed by atoms with van der Waals surface area (Å²) in [6.07, 6.45) is -8.90. The number of anilines is 1. The number of carbonyl (C=O) groups is 7. The molecule has 0 radical (unpaired) electrons. The van der Waals surface area contributed by atoms with Crippen molar-refractivity contribution in [3.63, 3.8) is 0 Å². The van der Waals surface area contributed by atoms with Gasteiger partial charge in [0.05, 0.1) is 71.7 Å².